The molecular weight excluding hydrogens is 234 g/mol. The van der Waals surface area contributed by atoms with E-state index in [4.69, 9.17) is 10.2 Å². The highest BCUT2D eigenvalue weighted by Crippen LogP contribution is 2.04. The van der Waals surface area contributed by atoms with Gasteiger partial charge in [-0.05, 0) is 12.1 Å². The molecule has 1 amide bonds. The first-order chi connectivity index (χ1) is 8.69. The van der Waals surface area contributed by atoms with Gasteiger partial charge in [0.15, 0.2) is 0 Å². The largest absolute Gasteiger partial charge is 0.394 e. The zero-order valence-electron chi connectivity index (χ0n) is 9.78. The van der Waals surface area contributed by atoms with E-state index in [9.17, 15) is 4.79 Å². The number of pyridine rings is 1. The van der Waals surface area contributed by atoms with Crippen molar-refractivity contribution in [1.29, 1.82) is 0 Å². The number of amides is 1. The number of hydrogen-bond donors (Lipinski definition) is 3. The van der Waals surface area contributed by atoms with Crippen molar-refractivity contribution >= 4 is 11.6 Å². The molecule has 0 aromatic carbocycles. The van der Waals surface area contributed by atoms with Gasteiger partial charge in [0, 0.05) is 18.9 Å². The lowest BCUT2D eigenvalue weighted by Crippen LogP contribution is -2.34. The van der Waals surface area contributed by atoms with Crippen LogP contribution in [0.3, 0.4) is 0 Å². The molecule has 0 aliphatic heterocycles. The topological polar surface area (TPSA) is 86.9 Å². The molecule has 18 heavy (non-hydrogen) atoms. The van der Waals surface area contributed by atoms with Crippen molar-refractivity contribution in [3.63, 3.8) is 0 Å². The smallest absolute Gasteiger partial charge is 0.226 e. The van der Waals surface area contributed by atoms with Gasteiger partial charge in [-0.2, -0.15) is 0 Å². The SMILES string of the molecule is O=C(Cc1cn2ccccc2n1)NCC(O)CO. The molecule has 0 spiro atoms. The summed E-state index contributed by atoms with van der Waals surface area (Å²) in [6, 6.07) is 5.62. The first-order valence-corrected chi connectivity index (χ1v) is 5.67. The van der Waals surface area contributed by atoms with Crippen molar-refractivity contribution < 1.29 is 15.0 Å². The van der Waals surface area contributed by atoms with Gasteiger partial charge in [0.1, 0.15) is 5.65 Å². The molecule has 0 saturated carbocycles. The minimum absolute atomic E-state index is 0.0443. The highest BCUT2D eigenvalue weighted by Gasteiger charge is 2.09. The minimum Gasteiger partial charge on any atom is -0.394 e. The molecular formula is C12H15N3O3. The van der Waals surface area contributed by atoms with Crippen molar-refractivity contribution in [2.45, 2.75) is 12.5 Å². The van der Waals surface area contributed by atoms with E-state index in [0.717, 1.165) is 5.65 Å². The maximum atomic E-state index is 11.6. The Hall–Kier alpha value is -1.92. The third-order valence-corrected chi connectivity index (χ3v) is 2.50. The second-order valence-electron chi connectivity index (χ2n) is 4.02. The summed E-state index contributed by atoms with van der Waals surface area (Å²) in [6.07, 6.45) is 2.88. The monoisotopic (exact) mass is 249 g/mol. The molecule has 0 aliphatic rings. The summed E-state index contributed by atoms with van der Waals surface area (Å²) in [5.41, 5.74) is 1.45. The Morgan fingerprint density at radius 1 is 1.50 bits per heavy atom. The van der Waals surface area contributed by atoms with Crippen LogP contribution < -0.4 is 5.32 Å². The number of carbonyl (C=O) groups excluding carboxylic acids is 1. The van der Waals surface area contributed by atoms with Gasteiger partial charge in [-0.3, -0.25) is 4.79 Å². The van der Waals surface area contributed by atoms with Crippen molar-refractivity contribution in [2.24, 2.45) is 0 Å². The van der Waals surface area contributed by atoms with Crippen molar-refractivity contribution in [3.8, 4) is 0 Å². The predicted molar refractivity (Wildman–Crippen MR) is 65.0 cm³/mol. The summed E-state index contributed by atoms with van der Waals surface area (Å²) in [5.74, 6) is -0.231. The third-order valence-electron chi connectivity index (χ3n) is 2.50. The molecule has 0 bridgehead atoms. The van der Waals surface area contributed by atoms with Crippen LogP contribution >= 0.6 is 0 Å². The lowest BCUT2D eigenvalue weighted by atomic mass is 10.3. The van der Waals surface area contributed by atoms with Crippen LogP contribution in [-0.2, 0) is 11.2 Å². The Labute approximate surface area is 104 Å². The Kier molecular flexibility index (Phi) is 3.91. The summed E-state index contributed by atoms with van der Waals surface area (Å²) in [6.45, 7) is -0.322. The predicted octanol–water partition coefficient (Wildman–Crippen LogP) is -0.654. The van der Waals surface area contributed by atoms with E-state index >= 15 is 0 Å². The summed E-state index contributed by atoms with van der Waals surface area (Å²) in [4.78, 5) is 15.8. The first-order valence-electron chi connectivity index (χ1n) is 5.67. The number of nitrogens with one attached hydrogen (secondary N) is 1. The third kappa shape index (κ3) is 3.06. The van der Waals surface area contributed by atoms with E-state index in [1.165, 1.54) is 0 Å². The quantitative estimate of drug-likeness (QED) is 0.657. The number of nitrogens with zero attached hydrogens (tertiary/aromatic N) is 2. The van der Waals surface area contributed by atoms with E-state index in [-0.39, 0.29) is 25.5 Å². The maximum Gasteiger partial charge on any atom is 0.226 e. The van der Waals surface area contributed by atoms with Crippen LogP contribution in [-0.4, -0.2) is 44.8 Å². The fourth-order valence-corrected chi connectivity index (χ4v) is 1.60. The minimum atomic E-state index is -0.921. The van der Waals surface area contributed by atoms with Gasteiger partial charge >= 0.3 is 0 Å². The molecule has 2 aromatic rings. The summed E-state index contributed by atoms with van der Waals surface area (Å²) in [5, 5.41) is 20.2. The van der Waals surface area contributed by atoms with Crippen molar-refractivity contribution in [3.05, 3.63) is 36.3 Å². The molecule has 2 aromatic heterocycles. The number of rotatable bonds is 5. The fourth-order valence-electron chi connectivity index (χ4n) is 1.60. The van der Waals surface area contributed by atoms with Crippen LogP contribution in [0.4, 0.5) is 0 Å². The summed E-state index contributed by atoms with van der Waals surface area (Å²) < 4.78 is 1.84. The van der Waals surface area contributed by atoms with Gasteiger partial charge in [0.05, 0.1) is 24.8 Å². The van der Waals surface area contributed by atoms with Gasteiger partial charge in [-0.25, -0.2) is 4.98 Å². The van der Waals surface area contributed by atoms with Crippen LogP contribution in [0, 0.1) is 0 Å². The van der Waals surface area contributed by atoms with Gasteiger partial charge in [0.2, 0.25) is 5.91 Å². The Balaban J connectivity index is 1.94. The molecule has 6 nitrogen and oxygen atoms in total. The number of aromatic nitrogens is 2. The molecule has 0 fully saturated rings. The number of carbonyl (C=O) groups is 1. The van der Waals surface area contributed by atoms with Crippen LogP contribution in [0.5, 0.6) is 0 Å². The number of imidazole rings is 1. The molecule has 1 unspecified atom stereocenters. The molecule has 2 heterocycles. The van der Waals surface area contributed by atoms with E-state index < -0.39 is 6.10 Å². The van der Waals surface area contributed by atoms with E-state index in [2.05, 4.69) is 10.3 Å². The zero-order chi connectivity index (χ0) is 13.0. The average Bonchev–Trinajstić information content (AvgIpc) is 2.77. The van der Waals surface area contributed by atoms with Crippen molar-refractivity contribution in [1.82, 2.24) is 14.7 Å². The van der Waals surface area contributed by atoms with Gasteiger partial charge < -0.3 is 19.9 Å². The molecule has 3 N–H and O–H groups in total. The molecule has 6 heteroatoms. The molecule has 2 rings (SSSR count). The van der Waals surface area contributed by atoms with E-state index in [0.29, 0.717) is 5.69 Å². The number of hydrogen-bond acceptors (Lipinski definition) is 4. The Morgan fingerprint density at radius 3 is 3.06 bits per heavy atom. The van der Waals surface area contributed by atoms with Crippen LogP contribution in [0.2, 0.25) is 0 Å². The molecule has 96 valence electrons. The zero-order valence-corrected chi connectivity index (χ0v) is 9.78. The second-order valence-corrected chi connectivity index (χ2v) is 4.02. The van der Waals surface area contributed by atoms with Crippen molar-refractivity contribution in [2.75, 3.05) is 13.2 Å². The van der Waals surface area contributed by atoms with E-state index in [1.54, 1.807) is 6.20 Å². The van der Waals surface area contributed by atoms with Crippen LogP contribution in [0.15, 0.2) is 30.6 Å². The normalized spacial score (nSPS) is 12.6. The summed E-state index contributed by atoms with van der Waals surface area (Å²) in [7, 11) is 0. The number of aliphatic hydroxyl groups excluding tert-OH is 2. The fraction of sp³-hybridized carbons (Fsp3) is 0.333. The highest BCUT2D eigenvalue weighted by molar-refractivity contribution is 5.78. The van der Waals surface area contributed by atoms with Gasteiger partial charge in [-0.1, -0.05) is 6.07 Å². The second kappa shape index (κ2) is 5.61. The number of aliphatic hydroxyl groups is 2. The van der Waals surface area contributed by atoms with Crippen LogP contribution in [0.25, 0.3) is 5.65 Å². The Bertz CT molecular complexity index is 505. The standard InChI is InChI=1S/C12H15N3O3/c16-8-10(17)6-13-12(18)5-9-7-15-4-2-1-3-11(15)14-9/h1-4,7,10,16-17H,5-6,8H2,(H,13,18). The Morgan fingerprint density at radius 2 is 2.33 bits per heavy atom. The molecule has 1 atom stereocenters. The first kappa shape index (κ1) is 12.5. The lowest BCUT2D eigenvalue weighted by Gasteiger charge is -2.07. The lowest BCUT2D eigenvalue weighted by molar-refractivity contribution is -0.121. The number of fused-ring (bicyclic) bond motifs is 1. The average molecular weight is 249 g/mol. The summed E-state index contributed by atoms with van der Waals surface area (Å²) >= 11 is 0. The van der Waals surface area contributed by atoms with Gasteiger partial charge in [0.25, 0.3) is 0 Å². The van der Waals surface area contributed by atoms with Crippen LogP contribution in [0.1, 0.15) is 5.69 Å². The van der Waals surface area contributed by atoms with Gasteiger partial charge in [-0.15, -0.1) is 0 Å². The maximum absolute atomic E-state index is 11.6. The van der Waals surface area contributed by atoms with E-state index in [1.807, 2.05) is 28.8 Å². The molecule has 0 aliphatic carbocycles. The molecule has 0 saturated heterocycles. The molecule has 0 radical (unpaired) electrons. The highest BCUT2D eigenvalue weighted by atomic mass is 16.3.